The van der Waals surface area contributed by atoms with Crippen molar-refractivity contribution in [3.63, 3.8) is 0 Å². The molecule has 1 N–H and O–H groups in total. The molecule has 0 aliphatic rings. The summed E-state index contributed by atoms with van der Waals surface area (Å²) < 4.78 is 10.7. The third kappa shape index (κ3) is 6.97. The monoisotopic (exact) mass is 237 g/mol. The van der Waals surface area contributed by atoms with Gasteiger partial charge in [0.25, 0.3) is 0 Å². The molecule has 1 aromatic rings. The SMILES string of the molecule is C=CCCOCCNC(C)CCc1ccco1. The zero-order chi connectivity index (χ0) is 12.3. The predicted molar refractivity (Wildman–Crippen MR) is 70.1 cm³/mol. The van der Waals surface area contributed by atoms with Crippen LogP contribution in [0.5, 0.6) is 0 Å². The quantitative estimate of drug-likeness (QED) is 0.502. The minimum atomic E-state index is 0.489. The summed E-state index contributed by atoms with van der Waals surface area (Å²) in [7, 11) is 0. The largest absolute Gasteiger partial charge is 0.469 e. The van der Waals surface area contributed by atoms with Crippen molar-refractivity contribution >= 4 is 0 Å². The van der Waals surface area contributed by atoms with E-state index in [1.54, 1.807) is 6.26 Å². The Morgan fingerprint density at radius 1 is 1.53 bits per heavy atom. The molecule has 1 atom stereocenters. The Hall–Kier alpha value is -1.06. The zero-order valence-electron chi connectivity index (χ0n) is 10.7. The van der Waals surface area contributed by atoms with E-state index in [1.165, 1.54) is 0 Å². The highest BCUT2D eigenvalue weighted by molar-refractivity contribution is 4.98. The molecule has 0 aromatic carbocycles. The molecule has 1 heterocycles. The van der Waals surface area contributed by atoms with Gasteiger partial charge in [0.05, 0.1) is 19.5 Å². The first-order valence-corrected chi connectivity index (χ1v) is 6.27. The summed E-state index contributed by atoms with van der Waals surface area (Å²) in [6, 6.07) is 4.44. The predicted octanol–water partition coefficient (Wildman–Crippen LogP) is 2.78. The summed E-state index contributed by atoms with van der Waals surface area (Å²) >= 11 is 0. The molecule has 1 aromatic heterocycles. The average molecular weight is 237 g/mol. The molecule has 0 aliphatic carbocycles. The zero-order valence-corrected chi connectivity index (χ0v) is 10.7. The van der Waals surface area contributed by atoms with Gasteiger partial charge in [0.1, 0.15) is 5.76 Å². The van der Waals surface area contributed by atoms with Crippen LogP contribution >= 0.6 is 0 Å². The lowest BCUT2D eigenvalue weighted by molar-refractivity contribution is 0.138. The number of hydrogen-bond donors (Lipinski definition) is 1. The Kier molecular flexibility index (Phi) is 7.43. The molecule has 1 rings (SSSR count). The summed E-state index contributed by atoms with van der Waals surface area (Å²) in [6.45, 7) is 8.27. The summed E-state index contributed by atoms with van der Waals surface area (Å²) in [4.78, 5) is 0. The third-order valence-electron chi connectivity index (χ3n) is 2.61. The summed E-state index contributed by atoms with van der Waals surface area (Å²) in [5.41, 5.74) is 0. The van der Waals surface area contributed by atoms with Gasteiger partial charge in [-0.15, -0.1) is 6.58 Å². The van der Waals surface area contributed by atoms with Crippen LogP contribution in [0.25, 0.3) is 0 Å². The Bertz CT molecular complexity index is 282. The molecule has 0 spiro atoms. The van der Waals surface area contributed by atoms with Crippen molar-refractivity contribution in [2.75, 3.05) is 19.8 Å². The number of hydrogen-bond acceptors (Lipinski definition) is 3. The fraction of sp³-hybridized carbons (Fsp3) is 0.571. The molecule has 1 unspecified atom stereocenters. The van der Waals surface area contributed by atoms with Crippen LogP contribution in [0.15, 0.2) is 35.5 Å². The maximum atomic E-state index is 5.42. The third-order valence-corrected chi connectivity index (χ3v) is 2.61. The first kappa shape index (κ1) is 14.0. The maximum Gasteiger partial charge on any atom is 0.103 e. The van der Waals surface area contributed by atoms with Crippen LogP contribution in [0, 0.1) is 0 Å². The van der Waals surface area contributed by atoms with Gasteiger partial charge in [-0.3, -0.25) is 0 Å². The van der Waals surface area contributed by atoms with Crippen LogP contribution in [0.1, 0.15) is 25.5 Å². The van der Waals surface area contributed by atoms with Crippen LogP contribution in [-0.4, -0.2) is 25.8 Å². The topological polar surface area (TPSA) is 34.4 Å². The Morgan fingerprint density at radius 3 is 3.12 bits per heavy atom. The average Bonchev–Trinajstić information content (AvgIpc) is 2.84. The van der Waals surface area contributed by atoms with Crippen molar-refractivity contribution in [3.8, 4) is 0 Å². The highest BCUT2D eigenvalue weighted by Crippen LogP contribution is 2.05. The van der Waals surface area contributed by atoms with Crippen molar-refractivity contribution in [2.24, 2.45) is 0 Å². The standard InChI is InChI=1S/C14H23NO2/c1-3-4-10-16-12-9-15-13(2)7-8-14-6-5-11-17-14/h3,5-6,11,13,15H,1,4,7-10,12H2,2H3. The van der Waals surface area contributed by atoms with Crippen molar-refractivity contribution in [2.45, 2.75) is 32.2 Å². The van der Waals surface area contributed by atoms with Crippen LogP contribution < -0.4 is 5.32 Å². The van der Waals surface area contributed by atoms with E-state index in [0.717, 1.165) is 44.8 Å². The van der Waals surface area contributed by atoms with Crippen LogP contribution in [0.4, 0.5) is 0 Å². The molecule has 0 amide bonds. The second kappa shape index (κ2) is 9.02. The maximum absolute atomic E-state index is 5.42. The lowest BCUT2D eigenvalue weighted by Crippen LogP contribution is -2.29. The van der Waals surface area contributed by atoms with Crippen molar-refractivity contribution in [1.29, 1.82) is 0 Å². The van der Waals surface area contributed by atoms with Gasteiger partial charge in [-0.1, -0.05) is 6.08 Å². The molecule has 3 nitrogen and oxygen atoms in total. The van der Waals surface area contributed by atoms with Crippen molar-refractivity contribution in [1.82, 2.24) is 5.32 Å². The van der Waals surface area contributed by atoms with Gasteiger partial charge in [0.2, 0.25) is 0 Å². The first-order chi connectivity index (χ1) is 8.33. The Labute approximate surface area is 104 Å². The van der Waals surface area contributed by atoms with Crippen molar-refractivity contribution < 1.29 is 9.15 Å². The fourth-order valence-corrected chi connectivity index (χ4v) is 1.56. The van der Waals surface area contributed by atoms with E-state index >= 15 is 0 Å². The van der Waals surface area contributed by atoms with Gasteiger partial charge < -0.3 is 14.5 Å². The Morgan fingerprint density at radius 2 is 2.41 bits per heavy atom. The molecule has 0 aliphatic heterocycles. The molecule has 0 saturated carbocycles. The molecule has 17 heavy (non-hydrogen) atoms. The minimum absolute atomic E-state index is 0.489. The molecular formula is C14H23NO2. The van der Waals surface area contributed by atoms with E-state index in [-0.39, 0.29) is 0 Å². The molecule has 96 valence electrons. The van der Waals surface area contributed by atoms with Gasteiger partial charge in [-0.05, 0) is 31.9 Å². The van der Waals surface area contributed by atoms with Gasteiger partial charge >= 0.3 is 0 Å². The number of rotatable bonds is 10. The number of ether oxygens (including phenoxy) is 1. The second-order valence-corrected chi connectivity index (χ2v) is 4.16. The number of nitrogens with one attached hydrogen (secondary N) is 1. The van der Waals surface area contributed by atoms with E-state index in [2.05, 4.69) is 18.8 Å². The summed E-state index contributed by atoms with van der Waals surface area (Å²) in [6.07, 6.45) is 6.59. The molecule has 0 radical (unpaired) electrons. The van der Waals surface area contributed by atoms with Gasteiger partial charge in [-0.2, -0.15) is 0 Å². The van der Waals surface area contributed by atoms with Crippen LogP contribution in [0.2, 0.25) is 0 Å². The summed E-state index contributed by atoms with van der Waals surface area (Å²) in [5, 5.41) is 3.43. The lowest BCUT2D eigenvalue weighted by Gasteiger charge is -2.12. The van der Waals surface area contributed by atoms with Gasteiger partial charge in [-0.25, -0.2) is 0 Å². The van der Waals surface area contributed by atoms with E-state index in [9.17, 15) is 0 Å². The molecule has 3 heteroatoms. The van der Waals surface area contributed by atoms with Crippen molar-refractivity contribution in [3.05, 3.63) is 36.8 Å². The Balaban J connectivity index is 1.94. The molecule has 0 fully saturated rings. The van der Waals surface area contributed by atoms with Crippen LogP contribution in [0.3, 0.4) is 0 Å². The van der Waals surface area contributed by atoms with E-state index in [0.29, 0.717) is 6.04 Å². The van der Waals surface area contributed by atoms with E-state index in [4.69, 9.17) is 9.15 Å². The normalized spacial score (nSPS) is 12.5. The van der Waals surface area contributed by atoms with Crippen LogP contribution in [-0.2, 0) is 11.2 Å². The molecule has 0 saturated heterocycles. The number of furan rings is 1. The lowest BCUT2D eigenvalue weighted by atomic mass is 10.1. The first-order valence-electron chi connectivity index (χ1n) is 6.27. The highest BCUT2D eigenvalue weighted by atomic mass is 16.5. The molecular weight excluding hydrogens is 214 g/mol. The number of aryl methyl sites for hydroxylation is 1. The van der Waals surface area contributed by atoms with E-state index in [1.807, 2.05) is 18.2 Å². The second-order valence-electron chi connectivity index (χ2n) is 4.16. The van der Waals surface area contributed by atoms with Gasteiger partial charge in [0.15, 0.2) is 0 Å². The minimum Gasteiger partial charge on any atom is -0.469 e. The molecule has 0 bridgehead atoms. The highest BCUT2D eigenvalue weighted by Gasteiger charge is 2.02. The smallest absolute Gasteiger partial charge is 0.103 e. The fourth-order valence-electron chi connectivity index (χ4n) is 1.56. The summed E-state index contributed by atoms with van der Waals surface area (Å²) in [5.74, 6) is 1.06. The van der Waals surface area contributed by atoms with E-state index < -0.39 is 0 Å². The van der Waals surface area contributed by atoms with Gasteiger partial charge in [0, 0.05) is 19.0 Å².